The number of nitrogens with zero attached hydrogens (tertiary/aromatic N) is 3. The molecular weight excluding hydrogens is 396 g/mol. The topological polar surface area (TPSA) is 124 Å². The van der Waals surface area contributed by atoms with E-state index in [9.17, 15) is 18.5 Å². The van der Waals surface area contributed by atoms with Gasteiger partial charge in [-0.1, -0.05) is 31.2 Å². The number of rotatable bonds is 8. The maximum Gasteiger partial charge on any atom is 0.289 e. The van der Waals surface area contributed by atoms with Gasteiger partial charge in [-0.15, -0.1) is 10.2 Å². The molecular formula is C19H18N4O5S. The van der Waals surface area contributed by atoms with E-state index in [1.807, 2.05) is 6.92 Å². The highest BCUT2D eigenvalue weighted by molar-refractivity contribution is 7.92. The van der Waals surface area contributed by atoms with Gasteiger partial charge in [-0.05, 0) is 30.7 Å². The fourth-order valence-electron chi connectivity index (χ4n) is 2.54. The first-order valence-corrected chi connectivity index (χ1v) is 10.2. The lowest BCUT2D eigenvalue weighted by molar-refractivity contribution is -0.387. The van der Waals surface area contributed by atoms with E-state index in [4.69, 9.17) is 4.74 Å². The Morgan fingerprint density at radius 2 is 1.86 bits per heavy atom. The fourth-order valence-corrected chi connectivity index (χ4v) is 3.77. The highest BCUT2D eigenvalue weighted by atomic mass is 32.2. The fraction of sp³-hybridized carbons (Fsp3) is 0.158. The van der Waals surface area contributed by atoms with E-state index in [1.165, 1.54) is 18.2 Å². The summed E-state index contributed by atoms with van der Waals surface area (Å²) in [6.45, 7) is 2.52. The number of sulfonamides is 1. The molecule has 1 heterocycles. The summed E-state index contributed by atoms with van der Waals surface area (Å²) >= 11 is 0. The Bertz CT molecular complexity index is 1120. The van der Waals surface area contributed by atoms with E-state index in [-0.39, 0.29) is 5.69 Å². The molecule has 150 valence electrons. The van der Waals surface area contributed by atoms with Gasteiger partial charge in [0.05, 0.1) is 17.2 Å². The van der Waals surface area contributed by atoms with Crippen LogP contribution in [0.15, 0.2) is 65.6 Å². The number of anilines is 1. The lowest BCUT2D eigenvalue weighted by Gasteiger charge is -2.10. The SMILES string of the molecule is CCCOc1ccc(-c2cccc(NS(=O)(=O)c3ccccc3[N+](=O)[O-])c2)nn1. The molecule has 0 aliphatic rings. The lowest BCUT2D eigenvalue weighted by atomic mass is 10.1. The molecule has 0 fully saturated rings. The average molecular weight is 414 g/mol. The predicted molar refractivity (Wildman–Crippen MR) is 107 cm³/mol. The Kier molecular flexibility index (Phi) is 6.03. The summed E-state index contributed by atoms with van der Waals surface area (Å²) in [6, 6.07) is 15.1. The number of hydrogen-bond donors (Lipinski definition) is 1. The zero-order chi connectivity index (χ0) is 20.9. The summed E-state index contributed by atoms with van der Waals surface area (Å²) in [7, 11) is -4.15. The first kappa shape index (κ1) is 20.2. The third-order valence-electron chi connectivity index (χ3n) is 3.86. The van der Waals surface area contributed by atoms with Crippen molar-refractivity contribution in [3.05, 3.63) is 70.8 Å². The summed E-state index contributed by atoms with van der Waals surface area (Å²) in [5.74, 6) is 0.406. The number of aromatic nitrogens is 2. The Hall–Kier alpha value is -3.53. The van der Waals surface area contributed by atoms with E-state index in [2.05, 4.69) is 14.9 Å². The van der Waals surface area contributed by atoms with Crippen LogP contribution in [0.1, 0.15) is 13.3 Å². The van der Waals surface area contributed by atoms with Crippen molar-refractivity contribution < 1.29 is 18.1 Å². The van der Waals surface area contributed by atoms with Crippen molar-refractivity contribution in [2.24, 2.45) is 0 Å². The lowest BCUT2D eigenvalue weighted by Crippen LogP contribution is -2.14. The molecule has 3 rings (SSSR count). The molecule has 3 aromatic rings. The first-order chi connectivity index (χ1) is 13.9. The normalized spacial score (nSPS) is 11.1. The zero-order valence-corrected chi connectivity index (χ0v) is 16.3. The number of hydrogen-bond acceptors (Lipinski definition) is 7. The van der Waals surface area contributed by atoms with Crippen molar-refractivity contribution in [2.45, 2.75) is 18.2 Å². The summed E-state index contributed by atoms with van der Waals surface area (Å²) in [6.07, 6.45) is 0.852. The number of ether oxygens (including phenoxy) is 1. The average Bonchev–Trinajstić information content (AvgIpc) is 2.72. The second-order valence-corrected chi connectivity index (χ2v) is 7.67. The summed E-state index contributed by atoms with van der Waals surface area (Å²) < 4.78 is 33.1. The smallest absolute Gasteiger partial charge is 0.289 e. The van der Waals surface area contributed by atoms with Crippen LogP contribution in [0.3, 0.4) is 0 Å². The minimum atomic E-state index is -4.15. The van der Waals surface area contributed by atoms with Gasteiger partial charge in [-0.25, -0.2) is 8.42 Å². The van der Waals surface area contributed by atoms with Crippen molar-refractivity contribution in [1.82, 2.24) is 10.2 Å². The van der Waals surface area contributed by atoms with E-state index in [0.29, 0.717) is 23.7 Å². The minimum absolute atomic E-state index is 0.244. The van der Waals surface area contributed by atoms with Gasteiger partial charge in [0.1, 0.15) is 0 Å². The highest BCUT2D eigenvalue weighted by Crippen LogP contribution is 2.27. The van der Waals surface area contributed by atoms with Crippen molar-refractivity contribution >= 4 is 21.4 Å². The molecule has 10 heteroatoms. The van der Waals surface area contributed by atoms with Crippen molar-refractivity contribution in [3.8, 4) is 17.1 Å². The van der Waals surface area contributed by atoms with Crippen LogP contribution in [0, 0.1) is 10.1 Å². The van der Waals surface area contributed by atoms with Crippen LogP contribution < -0.4 is 9.46 Å². The van der Waals surface area contributed by atoms with Gasteiger partial charge in [-0.3, -0.25) is 14.8 Å². The maximum absolute atomic E-state index is 12.7. The number of nitro groups is 1. The van der Waals surface area contributed by atoms with Crippen LogP contribution >= 0.6 is 0 Å². The van der Waals surface area contributed by atoms with Crippen LogP contribution in [-0.2, 0) is 10.0 Å². The van der Waals surface area contributed by atoms with Crippen molar-refractivity contribution in [3.63, 3.8) is 0 Å². The van der Waals surface area contributed by atoms with E-state index in [1.54, 1.807) is 36.4 Å². The molecule has 0 saturated carbocycles. The van der Waals surface area contributed by atoms with E-state index in [0.717, 1.165) is 12.5 Å². The van der Waals surface area contributed by atoms with Crippen LogP contribution in [0.5, 0.6) is 5.88 Å². The van der Waals surface area contributed by atoms with Crippen molar-refractivity contribution in [2.75, 3.05) is 11.3 Å². The standard InChI is InChI=1S/C19H18N4O5S/c1-2-12-28-19-11-10-16(20-21-19)14-6-5-7-15(13-14)22-29(26,27)18-9-4-3-8-17(18)23(24)25/h3-11,13,22H,2,12H2,1H3. The Morgan fingerprint density at radius 3 is 2.55 bits per heavy atom. The van der Waals surface area contributed by atoms with Gasteiger partial charge < -0.3 is 4.74 Å². The van der Waals surface area contributed by atoms with Crippen LogP contribution in [-0.4, -0.2) is 30.1 Å². The molecule has 0 unspecified atom stereocenters. The van der Waals surface area contributed by atoms with E-state index < -0.39 is 25.5 Å². The number of benzene rings is 2. The molecule has 0 aliphatic heterocycles. The van der Waals surface area contributed by atoms with Crippen LogP contribution in [0.4, 0.5) is 11.4 Å². The Labute approximate surface area is 167 Å². The molecule has 0 bridgehead atoms. The van der Waals surface area contributed by atoms with Gasteiger partial charge in [0, 0.05) is 23.4 Å². The number of nitro benzene ring substituents is 1. The molecule has 0 atom stereocenters. The minimum Gasteiger partial charge on any atom is -0.477 e. The van der Waals surface area contributed by atoms with Gasteiger partial charge in [0.2, 0.25) is 5.88 Å². The third kappa shape index (κ3) is 4.85. The predicted octanol–water partition coefficient (Wildman–Crippen LogP) is 3.64. The second kappa shape index (κ2) is 8.65. The van der Waals surface area contributed by atoms with Crippen LogP contribution in [0.2, 0.25) is 0 Å². The third-order valence-corrected chi connectivity index (χ3v) is 5.28. The molecule has 0 radical (unpaired) electrons. The molecule has 2 aromatic carbocycles. The Morgan fingerprint density at radius 1 is 1.07 bits per heavy atom. The Balaban J connectivity index is 1.86. The largest absolute Gasteiger partial charge is 0.477 e. The monoisotopic (exact) mass is 414 g/mol. The van der Waals surface area contributed by atoms with Gasteiger partial charge in [0.15, 0.2) is 4.90 Å². The first-order valence-electron chi connectivity index (χ1n) is 8.74. The summed E-state index contributed by atoms with van der Waals surface area (Å²) in [5.41, 5.74) is 0.904. The molecule has 1 aromatic heterocycles. The van der Waals surface area contributed by atoms with Gasteiger partial charge in [0.25, 0.3) is 15.7 Å². The molecule has 0 amide bonds. The second-order valence-electron chi connectivity index (χ2n) is 6.02. The van der Waals surface area contributed by atoms with E-state index >= 15 is 0 Å². The number of para-hydroxylation sites is 1. The quantitative estimate of drug-likeness (QED) is 0.441. The van der Waals surface area contributed by atoms with Crippen molar-refractivity contribution in [1.29, 1.82) is 0 Å². The molecule has 29 heavy (non-hydrogen) atoms. The number of nitrogens with one attached hydrogen (secondary N) is 1. The highest BCUT2D eigenvalue weighted by Gasteiger charge is 2.25. The summed E-state index contributed by atoms with van der Waals surface area (Å²) in [5, 5.41) is 19.2. The molecule has 1 N–H and O–H groups in total. The zero-order valence-electron chi connectivity index (χ0n) is 15.5. The molecule has 0 aliphatic carbocycles. The molecule has 9 nitrogen and oxygen atoms in total. The molecule has 0 saturated heterocycles. The summed E-state index contributed by atoms with van der Waals surface area (Å²) in [4.78, 5) is 10.00. The molecule has 0 spiro atoms. The van der Waals surface area contributed by atoms with Gasteiger partial charge >= 0.3 is 0 Å². The maximum atomic E-state index is 12.7. The van der Waals surface area contributed by atoms with Gasteiger partial charge in [-0.2, -0.15) is 0 Å². The van der Waals surface area contributed by atoms with Crippen LogP contribution in [0.25, 0.3) is 11.3 Å².